The van der Waals surface area contributed by atoms with Crippen molar-refractivity contribution in [3.63, 3.8) is 0 Å². The van der Waals surface area contributed by atoms with Gasteiger partial charge in [0.15, 0.2) is 0 Å². The molecule has 2 aromatic rings. The first-order chi connectivity index (χ1) is 11.6. The highest BCUT2D eigenvalue weighted by atomic mass is 16.3. The number of aromatic nitrogens is 1. The second kappa shape index (κ2) is 5.83. The molecule has 2 heterocycles. The molecule has 2 fully saturated rings. The second-order valence-corrected chi connectivity index (χ2v) is 7.18. The minimum absolute atomic E-state index is 0.00183. The lowest BCUT2D eigenvalue weighted by atomic mass is 9.99. The Kier molecular flexibility index (Phi) is 3.77. The van der Waals surface area contributed by atoms with Gasteiger partial charge < -0.3 is 15.1 Å². The average molecular weight is 326 g/mol. The summed E-state index contributed by atoms with van der Waals surface area (Å²) < 4.78 is 0. The maximum atomic E-state index is 12.5. The number of carbonyl (C=O) groups excluding carboxylic acids is 1. The molecule has 1 amide bonds. The summed E-state index contributed by atoms with van der Waals surface area (Å²) in [5, 5.41) is 20.9. The molecule has 5 nitrogen and oxygen atoms in total. The third-order valence-corrected chi connectivity index (χ3v) is 5.43. The predicted molar refractivity (Wildman–Crippen MR) is 90.3 cm³/mol. The summed E-state index contributed by atoms with van der Waals surface area (Å²) in [6.45, 7) is 0.810. The minimum Gasteiger partial charge on any atom is -0.395 e. The molecule has 4 rings (SSSR count). The van der Waals surface area contributed by atoms with E-state index in [1.54, 1.807) is 4.90 Å². The molecular weight excluding hydrogens is 304 g/mol. The molecule has 1 saturated carbocycles. The molecule has 1 saturated heterocycles. The molecule has 0 unspecified atom stereocenters. The van der Waals surface area contributed by atoms with Crippen LogP contribution in [-0.4, -0.2) is 51.8 Å². The summed E-state index contributed by atoms with van der Waals surface area (Å²) in [7, 11) is 0. The number of hydrogen-bond donors (Lipinski definition) is 2. The number of aliphatic hydroxyl groups is 2. The molecule has 2 aliphatic rings. The van der Waals surface area contributed by atoms with Gasteiger partial charge in [-0.1, -0.05) is 24.3 Å². The van der Waals surface area contributed by atoms with Crippen LogP contribution in [0, 0.1) is 11.3 Å². The number of likely N-dealkylation sites (tertiary alicyclic amines) is 1. The fourth-order valence-electron chi connectivity index (χ4n) is 3.64. The molecule has 1 aliphatic heterocycles. The standard InChI is InChI=1S/C19H22N2O3/c22-12-19(7-8-19)18(24)21-10-14(17(23)11-21)9-15-6-5-13-3-1-2-4-16(13)20-15/h1-6,14,17,22-23H,7-12H2/t14-,17-/m1/s1. The van der Waals surface area contributed by atoms with E-state index in [0.717, 1.165) is 29.4 Å². The van der Waals surface area contributed by atoms with E-state index in [1.165, 1.54) is 0 Å². The lowest BCUT2D eigenvalue weighted by Gasteiger charge is -2.21. The van der Waals surface area contributed by atoms with Crippen LogP contribution in [0.5, 0.6) is 0 Å². The van der Waals surface area contributed by atoms with Crippen LogP contribution in [0.15, 0.2) is 36.4 Å². The van der Waals surface area contributed by atoms with Crippen LogP contribution >= 0.6 is 0 Å². The number of fused-ring (bicyclic) bond motifs is 1. The Balaban J connectivity index is 1.47. The molecule has 2 N–H and O–H groups in total. The van der Waals surface area contributed by atoms with E-state index in [0.29, 0.717) is 19.5 Å². The molecule has 0 spiro atoms. The van der Waals surface area contributed by atoms with Gasteiger partial charge in [-0.15, -0.1) is 0 Å². The number of nitrogens with zero attached hydrogens (tertiary/aromatic N) is 2. The Morgan fingerprint density at radius 1 is 1.21 bits per heavy atom. The average Bonchev–Trinajstić information content (AvgIpc) is 3.33. The number of para-hydroxylation sites is 1. The maximum absolute atomic E-state index is 12.5. The smallest absolute Gasteiger partial charge is 0.231 e. The summed E-state index contributed by atoms with van der Waals surface area (Å²) in [5.74, 6) is -0.00451. The van der Waals surface area contributed by atoms with E-state index in [-0.39, 0.29) is 18.4 Å². The van der Waals surface area contributed by atoms with Gasteiger partial charge in [-0.3, -0.25) is 9.78 Å². The van der Waals surface area contributed by atoms with Gasteiger partial charge in [0, 0.05) is 30.1 Å². The van der Waals surface area contributed by atoms with Crippen molar-refractivity contribution in [1.29, 1.82) is 0 Å². The summed E-state index contributed by atoms with van der Waals surface area (Å²) in [6, 6.07) is 12.0. The SMILES string of the molecule is O=C(N1C[C@@H](Cc2ccc3ccccc3n2)[C@H](O)C1)C1(CO)CC1. The number of rotatable bonds is 4. The monoisotopic (exact) mass is 326 g/mol. The molecule has 1 aliphatic carbocycles. The van der Waals surface area contributed by atoms with Crippen LogP contribution in [0.25, 0.3) is 10.9 Å². The number of hydrogen-bond acceptors (Lipinski definition) is 4. The van der Waals surface area contributed by atoms with E-state index >= 15 is 0 Å². The molecule has 1 aromatic heterocycles. The van der Waals surface area contributed by atoms with Gasteiger partial charge in [0.25, 0.3) is 0 Å². The molecule has 2 atom stereocenters. The van der Waals surface area contributed by atoms with Crippen LogP contribution in [0.3, 0.4) is 0 Å². The van der Waals surface area contributed by atoms with Crippen LogP contribution in [0.4, 0.5) is 0 Å². The van der Waals surface area contributed by atoms with Gasteiger partial charge in [-0.2, -0.15) is 0 Å². The number of β-amino-alcohol motifs (C(OH)–C–C–N with tert-alkyl or cyclic N) is 1. The molecule has 1 aromatic carbocycles. The van der Waals surface area contributed by atoms with Crippen molar-refractivity contribution < 1.29 is 15.0 Å². The van der Waals surface area contributed by atoms with E-state index < -0.39 is 11.5 Å². The highest BCUT2D eigenvalue weighted by molar-refractivity contribution is 5.85. The molecule has 0 radical (unpaired) electrons. The molecule has 0 bridgehead atoms. The molecule has 24 heavy (non-hydrogen) atoms. The predicted octanol–water partition coefficient (Wildman–Crippen LogP) is 1.37. The van der Waals surface area contributed by atoms with Gasteiger partial charge in [0.1, 0.15) is 0 Å². The van der Waals surface area contributed by atoms with Gasteiger partial charge >= 0.3 is 0 Å². The molecule has 5 heteroatoms. The quantitative estimate of drug-likeness (QED) is 0.890. The van der Waals surface area contributed by atoms with Crippen molar-refractivity contribution in [1.82, 2.24) is 9.88 Å². The summed E-state index contributed by atoms with van der Waals surface area (Å²) in [5.41, 5.74) is 1.33. The number of pyridine rings is 1. The number of aliphatic hydroxyl groups excluding tert-OH is 2. The summed E-state index contributed by atoms with van der Waals surface area (Å²) >= 11 is 0. The minimum atomic E-state index is -0.560. The van der Waals surface area contributed by atoms with Crippen molar-refractivity contribution >= 4 is 16.8 Å². The second-order valence-electron chi connectivity index (χ2n) is 7.18. The third kappa shape index (κ3) is 2.68. The Hall–Kier alpha value is -1.98. The first-order valence-electron chi connectivity index (χ1n) is 8.54. The van der Waals surface area contributed by atoms with Crippen LogP contribution in [-0.2, 0) is 11.2 Å². The Labute approximate surface area is 140 Å². The van der Waals surface area contributed by atoms with Gasteiger partial charge in [0.05, 0.1) is 23.6 Å². The number of benzene rings is 1. The van der Waals surface area contributed by atoms with E-state index in [9.17, 15) is 15.0 Å². The third-order valence-electron chi connectivity index (χ3n) is 5.43. The lowest BCUT2D eigenvalue weighted by Crippen LogP contribution is -2.37. The van der Waals surface area contributed by atoms with Crippen molar-refractivity contribution in [2.45, 2.75) is 25.4 Å². The van der Waals surface area contributed by atoms with Crippen molar-refractivity contribution in [3.8, 4) is 0 Å². The van der Waals surface area contributed by atoms with Gasteiger partial charge in [-0.05, 0) is 31.4 Å². The van der Waals surface area contributed by atoms with E-state index in [4.69, 9.17) is 0 Å². The number of carbonyl (C=O) groups is 1. The topological polar surface area (TPSA) is 73.7 Å². The first kappa shape index (κ1) is 15.5. The van der Waals surface area contributed by atoms with E-state index in [2.05, 4.69) is 4.98 Å². The Morgan fingerprint density at radius 3 is 2.75 bits per heavy atom. The molecule has 126 valence electrons. The normalized spacial score (nSPS) is 25.2. The zero-order chi connectivity index (χ0) is 16.7. The fourth-order valence-corrected chi connectivity index (χ4v) is 3.64. The fraction of sp³-hybridized carbons (Fsp3) is 0.474. The van der Waals surface area contributed by atoms with E-state index in [1.807, 2.05) is 36.4 Å². The number of amides is 1. The summed E-state index contributed by atoms with van der Waals surface area (Å²) in [4.78, 5) is 18.9. The first-order valence-corrected chi connectivity index (χ1v) is 8.54. The maximum Gasteiger partial charge on any atom is 0.231 e. The van der Waals surface area contributed by atoms with Crippen LogP contribution < -0.4 is 0 Å². The Morgan fingerprint density at radius 2 is 2.00 bits per heavy atom. The van der Waals surface area contributed by atoms with Crippen molar-refractivity contribution in [2.75, 3.05) is 19.7 Å². The van der Waals surface area contributed by atoms with Gasteiger partial charge in [-0.25, -0.2) is 0 Å². The van der Waals surface area contributed by atoms with Crippen molar-refractivity contribution in [3.05, 3.63) is 42.1 Å². The zero-order valence-electron chi connectivity index (χ0n) is 13.6. The summed E-state index contributed by atoms with van der Waals surface area (Å²) in [6.07, 6.45) is 1.64. The largest absolute Gasteiger partial charge is 0.395 e. The highest BCUT2D eigenvalue weighted by Gasteiger charge is 2.52. The highest BCUT2D eigenvalue weighted by Crippen LogP contribution is 2.47. The zero-order valence-corrected chi connectivity index (χ0v) is 13.6. The molecular formula is C19H22N2O3. The Bertz CT molecular complexity index is 772. The van der Waals surface area contributed by atoms with Crippen molar-refractivity contribution in [2.24, 2.45) is 11.3 Å². The lowest BCUT2D eigenvalue weighted by molar-refractivity contribution is -0.137. The van der Waals surface area contributed by atoms with Crippen LogP contribution in [0.1, 0.15) is 18.5 Å². The van der Waals surface area contributed by atoms with Gasteiger partial charge in [0.2, 0.25) is 5.91 Å². The van der Waals surface area contributed by atoms with Crippen LogP contribution in [0.2, 0.25) is 0 Å².